The zero-order valence-electron chi connectivity index (χ0n) is 24.6. The molecule has 1 aliphatic rings. The van der Waals surface area contributed by atoms with Crippen LogP contribution >= 0.6 is 0 Å². The lowest BCUT2D eigenvalue weighted by atomic mass is 9.86. The second-order valence-electron chi connectivity index (χ2n) is 9.84. The van der Waals surface area contributed by atoms with Crippen molar-refractivity contribution in [3.8, 4) is 0 Å². The minimum absolute atomic E-state index is 0.101. The highest BCUT2D eigenvalue weighted by Gasteiger charge is 2.22. The van der Waals surface area contributed by atoms with Gasteiger partial charge in [-0.15, -0.1) is 0 Å². The van der Waals surface area contributed by atoms with Gasteiger partial charge in [-0.3, -0.25) is 9.59 Å². The smallest absolute Gasteiger partial charge is 0.330 e. The number of carbonyl (C=O) groups is 3. The van der Waals surface area contributed by atoms with Crippen molar-refractivity contribution >= 4 is 17.8 Å². The normalized spacial score (nSPS) is 18.4. The van der Waals surface area contributed by atoms with Crippen molar-refractivity contribution in [3.05, 3.63) is 85.1 Å². The Labute approximate surface area is 242 Å². The third kappa shape index (κ3) is 20.5. The second-order valence-corrected chi connectivity index (χ2v) is 9.84. The van der Waals surface area contributed by atoms with E-state index in [4.69, 9.17) is 0 Å². The lowest BCUT2D eigenvalue weighted by Gasteiger charge is -2.29. The summed E-state index contributed by atoms with van der Waals surface area (Å²) in [5.41, 5.74) is 0. The summed E-state index contributed by atoms with van der Waals surface area (Å²) in [5, 5.41) is 5.97. The SMILES string of the molecule is CC/C=C\C/C=C\C/C=C\C/C=C\C/C=C\C/C=C\CCC(=O)NC1CCC(CNC(=O)/C=C/C(=O)OC)CC1. The molecule has 0 atom stereocenters. The molecule has 1 fully saturated rings. The summed E-state index contributed by atoms with van der Waals surface area (Å²) in [4.78, 5) is 35.0. The Hall–Kier alpha value is -3.41. The van der Waals surface area contributed by atoms with Crippen molar-refractivity contribution < 1.29 is 19.1 Å². The zero-order valence-corrected chi connectivity index (χ0v) is 24.6. The highest BCUT2D eigenvalue weighted by molar-refractivity contribution is 5.94. The van der Waals surface area contributed by atoms with Crippen LogP contribution in [0, 0.1) is 5.92 Å². The molecule has 0 aromatic heterocycles. The number of nitrogens with one attached hydrogen (secondary N) is 2. The summed E-state index contributed by atoms with van der Waals surface area (Å²) < 4.78 is 4.47. The maximum Gasteiger partial charge on any atom is 0.330 e. The molecule has 1 rings (SSSR count). The second kappa shape index (κ2) is 24.6. The molecule has 6 nitrogen and oxygen atoms in total. The molecule has 1 aliphatic carbocycles. The molecule has 6 heteroatoms. The van der Waals surface area contributed by atoms with Crippen molar-refractivity contribution in [2.24, 2.45) is 5.92 Å². The van der Waals surface area contributed by atoms with Gasteiger partial charge in [0.05, 0.1) is 7.11 Å². The first-order valence-corrected chi connectivity index (χ1v) is 14.8. The van der Waals surface area contributed by atoms with Gasteiger partial charge in [-0.2, -0.15) is 0 Å². The van der Waals surface area contributed by atoms with E-state index >= 15 is 0 Å². The minimum atomic E-state index is -0.549. The van der Waals surface area contributed by atoms with Crippen LogP contribution in [0.5, 0.6) is 0 Å². The molecule has 220 valence electrons. The predicted molar refractivity (Wildman–Crippen MR) is 166 cm³/mol. The van der Waals surface area contributed by atoms with Crippen LogP contribution in [0.1, 0.15) is 84.0 Å². The van der Waals surface area contributed by atoms with E-state index in [1.165, 1.54) is 13.2 Å². The molecule has 1 saturated carbocycles. The molecule has 0 bridgehead atoms. The van der Waals surface area contributed by atoms with E-state index in [0.717, 1.165) is 76.7 Å². The maximum absolute atomic E-state index is 12.3. The first-order chi connectivity index (χ1) is 19.5. The highest BCUT2D eigenvalue weighted by Crippen LogP contribution is 2.23. The molecule has 0 aromatic carbocycles. The van der Waals surface area contributed by atoms with Crippen LogP contribution in [0.3, 0.4) is 0 Å². The number of esters is 1. The van der Waals surface area contributed by atoms with Gasteiger partial charge >= 0.3 is 5.97 Å². The van der Waals surface area contributed by atoms with Gasteiger partial charge in [-0.25, -0.2) is 4.79 Å². The lowest BCUT2D eigenvalue weighted by molar-refractivity contribution is -0.135. The fraction of sp³-hybridized carbons (Fsp3) is 0.500. The Morgan fingerprint density at radius 3 is 1.70 bits per heavy atom. The Balaban J connectivity index is 2.03. The van der Waals surface area contributed by atoms with Crippen molar-refractivity contribution in [2.75, 3.05) is 13.7 Å². The van der Waals surface area contributed by atoms with Crippen molar-refractivity contribution in [1.82, 2.24) is 10.6 Å². The Bertz CT molecular complexity index is 916. The number of hydrogen-bond donors (Lipinski definition) is 2. The number of ether oxygens (including phenoxy) is 1. The molecule has 0 radical (unpaired) electrons. The summed E-state index contributed by atoms with van der Waals surface area (Å²) >= 11 is 0. The van der Waals surface area contributed by atoms with E-state index in [1.54, 1.807) is 0 Å². The van der Waals surface area contributed by atoms with E-state index in [-0.39, 0.29) is 17.9 Å². The number of rotatable bonds is 19. The Morgan fingerprint density at radius 2 is 1.20 bits per heavy atom. The Kier molecular flexibility index (Phi) is 21.3. The average molecular weight is 551 g/mol. The standard InChI is InChI=1S/C34H50N2O4/c1-3-4-5-6-7-8-9-10-11-12-13-14-15-16-17-18-19-20-21-22-33(38)36-31-25-23-30(24-26-31)29-35-32(37)27-28-34(39)40-2/h4-5,7-8,10-11,13-14,16-17,19-20,27-28,30-31H,3,6,9,12,15,18,21-26,29H2,1-2H3,(H,35,37)(H,36,38)/b5-4-,8-7-,11-10-,14-13-,17-16-,20-19-,28-27+. The maximum atomic E-state index is 12.3. The molecular formula is C34H50N2O4. The number of amides is 2. The number of allylic oxidation sites excluding steroid dienone is 12. The van der Waals surface area contributed by atoms with Gasteiger partial charge in [0, 0.05) is 31.2 Å². The summed E-state index contributed by atoms with van der Waals surface area (Å²) in [5.74, 6) is -0.353. The van der Waals surface area contributed by atoms with E-state index in [2.05, 4.69) is 95.2 Å². The molecule has 2 N–H and O–H groups in total. The van der Waals surface area contributed by atoms with E-state index in [9.17, 15) is 14.4 Å². The molecule has 0 spiro atoms. The largest absolute Gasteiger partial charge is 0.466 e. The summed E-state index contributed by atoms with van der Waals surface area (Å²) in [7, 11) is 1.27. The fourth-order valence-electron chi connectivity index (χ4n) is 4.18. The van der Waals surface area contributed by atoms with Gasteiger partial charge in [-0.1, -0.05) is 79.8 Å². The summed E-state index contributed by atoms with van der Waals surface area (Å²) in [6, 6.07) is 0.212. The molecular weight excluding hydrogens is 500 g/mol. The quantitative estimate of drug-likeness (QED) is 0.103. The summed E-state index contributed by atoms with van der Waals surface area (Å²) in [6.45, 7) is 2.73. The average Bonchev–Trinajstić information content (AvgIpc) is 2.96. The van der Waals surface area contributed by atoms with Crippen LogP contribution in [0.4, 0.5) is 0 Å². The van der Waals surface area contributed by atoms with Crippen molar-refractivity contribution in [3.63, 3.8) is 0 Å². The van der Waals surface area contributed by atoms with Crippen LogP contribution in [0.2, 0.25) is 0 Å². The molecule has 0 aliphatic heterocycles. The van der Waals surface area contributed by atoms with Crippen LogP contribution in [0.15, 0.2) is 85.1 Å². The minimum Gasteiger partial charge on any atom is -0.466 e. The van der Waals surface area contributed by atoms with E-state index in [0.29, 0.717) is 18.9 Å². The molecule has 0 saturated heterocycles. The van der Waals surface area contributed by atoms with Gasteiger partial charge < -0.3 is 15.4 Å². The molecule has 40 heavy (non-hydrogen) atoms. The van der Waals surface area contributed by atoms with Gasteiger partial charge in [0.2, 0.25) is 11.8 Å². The first kappa shape index (κ1) is 34.6. The topological polar surface area (TPSA) is 84.5 Å². The van der Waals surface area contributed by atoms with Crippen LogP contribution in [-0.4, -0.2) is 37.5 Å². The van der Waals surface area contributed by atoms with E-state index in [1.807, 2.05) is 0 Å². The number of carbonyl (C=O) groups excluding carboxylic acids is 3. The molecule has 2 amide bonds. The number of methoxy groups -OCH3 is 1. The third-order valence-corrected chi connectivity index (χ3v) is 6.48. The van der Waals surface area contributed by atoms with Gasteiger partial charge in [-0.05, 0) is 76.5 Å². The van der Waals surface area contributed by atoms with Crippen molar-refractivity contribution in [1.29, 1.82) is 0 Å². The molecule has 0 aromatic rings. The Morgan fingerprint density at radius 1 is 0.700 bits per heavy atom. The predicted octanol–water partition coefficient (Wildman–Crippen LogP) is 6.98. The highest BCUT2D eigenvalue weighted by atomic mass is 16.5. The van der Waals surface area contributed by atoms with E-state index < -0.39 is 5.97 Å². The van der Waals surface area contributed by atoms with Gasteiger partial charge in [0.25, 0.3) is 0 Å². The molecule has 0 heterocycles. The number of hydrogen-bond acceptors (Lipinski definition) is 4. The third-order valence-electron chi connectivity index (χ3n) is 6.48. The van der Waals surface area contributed by atoms with Crippen LogP contribution < -0.4 is 10.6 Å². The first-order valence-electron chi connectivity index (χ1n) is 14.8. The zero-order chi connectivity index (χ0) is 29.1. The van der Waals surface area contributed by atoms with Crippen LogP contribution in [0.25, 0.3) is 0 Å². The van der Waals surface area contributed by atoms with Gasteiger partial charge in [0.1, 0.15) is 0 Å². The summed E-state index contributed by atoms with van der Waals surface area (Å²) in [6.07, 6.45) is 39.3. The van der Waals surface area contributed by atoms with Gasteiger partial charge in [0.15, 0.2) is 0 Å². The molecule has 0 unspecified atom stereocenters. The van der Waals surface area contributed by atoms with Crippen molar-refractivity contribution in [2.45, 2.75) is 90.0 Å². The monoisotopic (exact) mass is 550 g/mol. The van der Waals surface area contributed by atoms with Crippen LogP contribution in [-0.2, 0) is 19.1 Å². The fourth-order valence-corrected chi connectivity index (χ4v) is 4.18. The lowest BCUT2D eigenvalue weighted by Crippen LogP contribution is -2.39.